The summed E-state index contributed by atoms with van der Waals surface area (Å²) >= 11 is 2.27. The van der Waals surface area contributed by atoms with Gasteiger partial charge in [-0.15, -0.1) is 0 Å². The molecule has 2 N–H and O–H groups in total. The fourth-order valence-corrected chi connectivity index (χ4v) is 2.68. The van der Waals surface area contributed by atoms with Crippen molar-refractivity contribution in [2.45, 2.75) is 6.92 Å². The summed E-state index contributed by atoms with van der Waals surface area (Å²) < 4.78 is 0.990. The molecule has 0 amide bonds. The Kier molecular flexibility index (Phi) is 4.09. The molecule has 0 aliphatic carbocycles. The molecule has 3 aromatic rings. The van der Waals surface area contributed by atoms with E-state index in [1.54, 1.807) is 0 Å². The number of hydrogen-bond acceptors (Lipinski definition) is 5. The van der Waals surface area contributed by atoms with E-state index in [-0.39, 0.29) is 0 Å². The van der Waals surface area contributed by atoms with E-state index in [2.05, 4.69) is 53.1 Å². The van der Waals surface area contributed by atoms with Gasteiger partial charge < -0.3 is 5.32 Å². The quantitative estimate of drug-likeness (QED) is 0.668. The van der Waals surface area contributed by atoms with Gasteiger partial charge in [0.1, 0.15) is 12.1 Å². The molecular weight excluding hydrogens is 379 g/mol. The summed E-state index contributed by atoms with van der Waals surface area (Å²) in [6.45, 7) is 2.82. The standard InChI is InChI=1S/C14H13IN6/c1-2-16-12-10(15)11(9-6-4-3-5-7-9)19-14(20-12)13-17-8-18-21-13/h3-8H,2H2,1H3,(H,16,19,20)(H,17,18,21). The topological polar surface area (TPSA) is 79.4 Å². The van der Waals surface area contributed by atoms with Gasteiger partial charge in [-0.3, -0.25) is 5.10 Å². The van der Waals surface area contributed by atoms with Crippen molar-refractivity contribution >= 4 is 28.4 Å². The first kappa shape index (κ1) is 13.9. The van der Waals surface area contributed by atoms with E-state index in [1.807, 2.05) is 37.3 Å². The van der Waals surface area contributed by atoms with Crippen LogP contribution in [0.5, 0.6) is 0 Å². The molecule has 2 heterocycles. The fraction of sp³-hybridized carbons (Fsp3) is 0.143. The van der Waals surface area contributed by atoms with Gasteiger partial charge in [0.15, 0.2) is 11.6 Å². The Balaban J connectivity index is 2.18. The van der Waals surface area contributed by atoms with E-state index in [0.29, 0.717) is 11.6 Å². The molecule has 0 aliphatic heterocycles. The number of nitrogens with zero attached hydrogens (tertiary/aromatic N) is 4. The van der Waals surface area contributed by atoms with Crippen LogP contribution in [-0.2, 0) is 0 Å². The Bertz CT molecular complexity index is 727. The smallest absolute Gasteiger partial charge is 0.199 e. The van der Waals surface area contributed by atoms with E-state index in [0.717, 1.165) is 27.2 Å². The van der Waals surface area contributed by atoms with Gasteiger partial charge in [0.25, 0.3) is 0 Å². The molecule has 0 spiro atoms. The summed E-state index contributed by atoms with van der Waals surface area (Å²) in [5.41, 5.74) is 1.93. The first-order valence-corrected chi connectivity index (χ1v) is 7.60. The molecule has 0 bridgehead atoms. The third-order valence-corrected chi connectivity index (χ3v) is 3.89. The molecule has 0 atom stereocenters. The van der Waals surface area contributed by atoms with Crippen LogP contribution in [0.4, 0.5) is 5.82 Å². The summed E-state index contributed by atoms with van der Waals surface area (Å²) in [7, 11) is 0. The number of H-pyrrole nitrogens is 1. The summed E-state index contributed by atoms with van der Waals surface area (Å²) in [6.07, 6.45) is 1.45. The lowest BCUT2D eigenvalue weighted by atomic mass is 10.1. The monoisotopic (exact) mass is 392 g/mol. The lowest BCUT2D eigenvalue weighted by Crippen LogP contribution is -2.06. The first-order chi connectivity index (χ1) is 10.3. The van der Waals surface area contributed by atoms with Crippen LogP contribution >= 0.6 is 22.6 Å². The molecule has 2 aromatic heterocycles. The van der Waals surface area contributed by atoms with Crippen molar-refractivity contribution in [3.63, 3.8) is 0 Å². The Labute approximate surface area is 135 Å². The highest BCUT2D eigenvalue weighted by Gasteiger charge is 2.15. The molecule has 106 valence electrons. The number of halogens is 1. The Hall–Kier alpha value is -2.03. The Morgan fingerprint density at radius 1 is 1.19 bits per heavy atom. The zero-order valence-corrected chi connectivity index (χ0v) is 13.5. The van der Waals surface area contributed by atoms with Crippen molar-refractivity contribution in [1.29, 1.82) is 0 Å². The molecule has 0 radical (unpaired) electrons. The molecule has 0 fully saturated rings. The third-order valence-electron chi connectivity index (χ3n) is 2.87. The summed E-state index contributed by atoms with van der Waals surface area (Å²) in [6, 6.07) is 10.0. The van der Waals surface area contributed by atoms with Crippen LogP contribution < -0.4 is 5.32 Å². The lowest BCUT2D eigenvalue weighted by molar-refractivity contribution is 1.05. The minimum absolute atomic E-state index is 0.530. The minimum atomic E-state index is 0.530. The average molecular weight is 392 g/mol. The Morgan fingerprint density at radius 2 is 2.00 bits per heavy atom. The summed E-state index contributed by atoms with van der Waals surface area (Å²) in [4.78, 5) is 13.3. The largest absolute Gasteiger partial charge is 0.369 e. The summed E-state index contributed by atoms with van der Waals surface area (Å²) in [5.74, 6) is 1.89. The van der Waals surface area contributed by atoms with E-state index >= 15 is 0 Å². The lowest BCUT2D eigenvalue weighted by Gasteiger charge is -2.11. The molecule has 7 heteroatoms. The maximum absolute atomic E-state index is 4.64. The van der Waals surface area contributed by atoms with Gasteiger partial charge in [-0.25, -0.2) is 15.0 Å². The van der Waals surface area contributed by atoms with E-state index < -0.39 is 0 Å². The van der Waals surface area contributed by atoms with Gasteiger partial charge in [-0.2, -0.15) is 5.10 Å². The highest BCUT2D eigenvalue weighted by Crippen LogP contribution is 2.29. The molecule has 0 saturated heterocycles. The van der Waals surface area contributed by atoms with Crippen LogP contribution in [0.25, 0.3) is 22.9 Å². The zero-order valence-electron chi connectivity index (χ0n) is 11.3. The second kappa shape index (κ2) is 6.17. The SMILES string of the molecule is CCNc1nc(-c2ncn[nH]2)nc(-c2ccccc2)c1I. The number of hydrogen-bond donors (Lipinski definition) is 2. The van der Waals surface area contributed by atoms with Crippen molar-refractivity contribution in [2.75, 3.05) is 11.9 Å². The fourth-order valence-electron chi connectivity index (χ4n) is 1.94. The van der Waals surface area contributed by atoms with E-state index in [4.69, 9.17) is 0 Å². The minimum Gasteiger partial charge on any atom is -0.369 e. The van der Waals surface area contributed by atoms with Crippen molar-refractivity contribution in [3.8, 4) is 22.9 Å². The number of aromatic amines is 1. The molecule has 1 aromatic carbocycles. The number of benzene rings is 1. The predicted octanol–water partition coefficient (Wildman–Crippen LogP) is 2.97. The number of rotatable bonds is 4. The second-order valence-electron chi connectivity index (χ2n) is 4.29. The Morgan fingerprint density at radius 3 is 2.67 bits per heavy atom. The first-order valence-electron chi connectivity index (χ1n) is 6.52. The van der Waals surface area contributed by atoms with Gasteiger partial charge in [0, 0.05) is 12.1 Å². The number of anilines is 1. The average Bonchev–Trinajstić information content (AvgIpc) is 3.05. The molecular formula is C14H13IN6. The normalized spacial score (nSPS) is 10.6. The molecule has 21 heavy (non-hydrogen) atoms. The maximum atomic E-state index is 4.64. The van der Waals surface area contributed by atoms with Crippen molar-refractivity contribution in [2.24, 2.45) is 0 Å². The predicted molar refractivity (Wildman–Crippen MR) is 89.7 cm³/mol. The van der Waals surface area contributed by atoms with Gasteiger partial charge in [0.2, 0.25) is 0 Å². The van der Waals surface area contributed by atoms with E-state index in [9.17, 15) is 0 Å². The van der Waals surface area contributed by atoms with Crippen molar-refractivity contribution in [3.05, 3.63) is 40.2 Å². The van der Waals surface area contributed by atoms with Gasteiger partial charge in [-0.05, 0) is 29.5 Å². The van der Waals surface area contributed by atoms with Crippen molar-refractivity contribution < 1.29 is 0 Å². The molecule has 6 nitrogen and oxygen atoms in total. The van der Waals surface area contributed by atoms with Crippen LogP contribution in [-0.4, -0.2) is 31.7 Å². The maximum Gasteiger partial charge on any atom is 0.199 e. The number of aromatic nitrogens is 5. The van der Waals surface area contributed by atoms with Crippen LogP contribution in [0.2, 0.25) is 0 Å². The molecule has 0 unspecified atom stereocenters. The highest BCUT2D eigenvalue weighted by atomic mass is 127. The highest BCUT2D eigenvalue weighted by molar-refractivity contribution is 14.1. The van der Waals surface area contributed by atoms with E-state index in [1.165, 1.54) is 6.33 Å². The molecule has 0 aliphatic rings. The van der Waals surface area contributed by atoms with Crippen LogP contribution in [0.1, 0.15) is 6.92 Å². The van der Waals surface area contributed by atoms with Gasteiger partial charge in [0.05, 0.1) is 9.26 Å². The number of nitrogens with one attached hydrogen (secondary N) is 2. The van der Waals surface area contributed by atoms with Gasteiger partial charge >= 0.3 is 0 Å². The third kappa shape index (κ3) is 2.87. The second-order valence-corrected chi connectivity index (χ2v) is 5.37. The van der Waals surface area contributed by atoms with Crippen LogP contribution in [0.3, 0.4) is 0 Å². The molecule has 3 rings (SSSR count). The van der Waals surface area contributed by atoms with Crippen LogP contribution in [0.15, 0.2) is 36.7 Å². The summed E-state index contributed by atoms with van der Waals surface area (Å²) in [5, 5.41) is 9.93. The zero-order chi connectivity index (χ0) is 14.7. The van der Waals surface area contributed by atoms with Crippen molar-refractivity contribution in [1.82, 2.24) is 25.1 Å². The van der Waals surface area contributed by atoms with Gasteiger partial charge in [-0.1, -0.05) is 30.3 Å². The molecule has 0 saturated carbocycles. The van der Waals surface area contributed by atoms with Crippen LogP contribution in [0, 0.1) is 3.57 Å².